The Kier molecular flexibility index (Phi) is 5.46. The highest BCUT2D eigenvalue weighted by atomic mass is 35.5. The van der Waals surface area contributed by atoms with E-state index in [2.05, 4.69) is 5.32 Å². The molecular weight excluding hydrogens is 347 g/mol. The Morgan fingerprint density at radius 2 is 1.71 bits per heavy atom. The zero-order valence-corrected chi connectivity index (χ0v) is 13.0. The molecule has 0 aliphatic rings. The van der Waals surface area contributed by atoms with Crippen LogP contribution in [0.2, 0.25) is 5.02 Å². The predicted octanol–water partition coefficient (Wildman–Crippen LogP) is 3.94. The van der Waals surface area contributed by atoms with Crippen LogP contribution in [-0.2, 0) is 9.53 Å². The lowest BCUT2D eigenvalue weighted by molar-refractivity contribution is -0.123. The monoisotopic (exact) mass is 357 g/mol. The summed E-state index contributed by atoms with van der Waals surface area (Å²) in [5, 5.41) is 2.31. The van der Waals surface area contributed by atoms with Gasteiger partial charge < -0.3 is 10.1 Å². The number of amides is 1. The first-order valence-corrected chi connectivity index (χ1v) is 7.07. The van der Waals surface area contributed by atoms with E-state index in [0.717, 1.165) is 24.3 Å². The van der Waals surface area contributed by atoms with E-state index in [1.165, 1.54) is 13.0 Å². The standard InChI is InChI=1S/C16H11ClF3NO3/c1-8(15(22)21-14-5-3-9(18)6-12(14)17)24-16(23)11-4-2-10(19)7-13(11)20/h2-8H,1H3,(H,21,22). The van der Waals surface area contributed by atoms with Crippen LogP contribution in [0.1, 0.15) is 17.3 Å². The lowest BCUT2D eigenvalue weighted by Gasteiger charge is -2.14. The number of hydrogen-bond donors (Lipinski definition) is 1. The maximum atomic E-state index is 13.5. The summed E-state index contributed by atoms with van der Waals surface area (Å²) in [4.78, 5) is 23.8. The van der Waals surface area contributed by atoms with Gasteiger partial charge in [0.2, 0.25) is 0 Å². The number of esters is 1. The summed E-state index contributed by atoms with van der Waals surface area (Å²) in [6.45, 7) is 1.26. The molecule has 0 bridgehead atoms. The second-order valence-electron chi connectivity index (χ2n) is 4.79. The first-order chi connectivity index (χ1) is 11.3. The van der Waals surface area contributed by atoms with Crippen LogP contribution in [0.5, 0.6) is 0 Å². The van der Waals surface area contributed by atoms with Crippen molar-refractivity contribution in [3.63, 3.8) is 0 Å². The number of rotatable bonds is 4. The molecule has 4 nitrogen and oxygen atoms in total. The Bertz CT molecular complexity index is 798. The topological polar surface area (TPSA) is 55.4 Å². The molecule has 126 valence electrons. The van der Waals surface area contributed by atoms with Gasteiger partial charge in [-0.15, -0.1) is 0 Å². The highest BCUT2D eigenvalue weighted by Gasteiger charge is 2.22. The normalized spacial score (nSPS) is 11.7. The fraction of sp³-hybridized carbons (Fsp3) is 0.125. The molecule has 0 saturated heterocycles. The minimum absolute atomic E-state index is 0.0357. The molecule has 24 heavy (non-hydrogen) atoms. The fourth-order valence-electron chi connectivity index (χ4n) is 1.76. The molecule has 1 atom stereocenters. The number of nitrogens with one attached hydrogen (secondary N) is 1. The lowest BCUT2D eigenvalue weighted by atomic mass is 10.2. The SMILES string of the molecule is CC(OC(=O)c1ccc(F)cc1F)C(=O)Nc1ccc(F)cc1Cl. The van der Waals surface area contributed by atoms with Gasteiger partial charge in [0.25, 0.3) is 5.91 Å². The van der Waals surface area contributed by atoms with Crippen LogP contribution in [0.15, 0.2) is 36.4 Å². The molecule has 2 rings (SSSR count). The van der Waals surface area contributed by atoms with Gasteiger partial charge in [0, 0.05) is 6.07 Å². The first-order valence-electron chi connectivity index (χ1n) is 6.70. The number of halogens is 4. The summed E-state index contributed by atoms with van der Waals surface area (Å²) in [6, 6.07) is 5.66. The lowest BCUT2D eigenvalue weighted by Crippen LogP contribution is -2.30. The van der Waals surface area contributed by atoms with Crippen molar-refractivity contribution in [2.45, 2.75) is 13.0 Å². The molecule has 0 spiro atoms. The zero-order chi connectivity index (χ0) is 17.9. The molecule has 8 heteroatoms. The van der Waals surface area contributed by atoms with E-state index in [9.17, 15) is 22.8 Å². The van der Waals surface area contributed by atoms with Crippen molar-refractivity contribution >= 4 is 29.2 Å². The van der Waals surface area contributed by atoms with Crippen LogP contribution in [-0.4, -0.2) is 18.0 Å². The molecule has 1 amide bonds. The molecule has 1 unspecified atom stereocenters. The Balaban J connectivity index is 2.04. The van der Waals surface area contributed by atoms with E-state index in [4.69, 9.17) is 16.3 Å². The van der Waals surface area contributed by atoms with Crippen LogP contribution in [0, 0.1) is 17.5 Å². The molecular formula is C16H11ClF3NO3. The maximum absolute atomic E-state index is 13.5. The predicted molar refractivity (Wildman–Crippen MR) is 81.3 cm³/mol. The summed E-state index contributed by atoms with van der Waals surface area (Å²) in [7, 11) is 0. The molecule has 0 aromatic heterocycles. The molecule has 0 radical (unpaired) electrons. The second kappa shape index (κ2) is 7.35. The number of ether oxygens (including phenoxy) is 1. The minimum Gasteiger partial charge on any atom is -0.449 e. The molecule has 2 aromatic rings. The summed E-state index contributed by atoms with van der Waals surface area (Å²) in [5.74, 6) is -4.40. The van der Waals surface area contributed by atoms with Gasteiger partial charge in [-0.1, -0.05) is 11.6 Å². The fourth-order valence-corrected chi connectivity index (χ4v) is 1.97. The zero-order valence-electron chi connectivity index (χ0n) is 12.3. The van der Waals surface area contributed by atoms with Crippen LogP contribution < -0.4 is 5.32 Å². The number of hydrogen-bond acceptors (Lipinski definition) is 3. The van der Waals surface area contributed by atoms with Gasteiger partial charge in [0.15, 0.2) is 6.10 Å². The van der Waals surface area contributed by atoms with Gasteiger partial charge in [0.05, 0.1) is 16.3 Å². The van der Waals surface area contributed by atoms with Crippen molar-refractivity contribution in [1.82, 2.24) is 0 Å². The van der Waals surface area contributed by atoms with Crippen molar-refractivity contribution in [3.05, 3.63) is 64.4 Å². The molecule has 0 heterocycles. The Hall–Kier alpha value is -2.54. The number of benzene rings is 2. The largest absolute Gasteiger partial charge is 0.449 e. The van der Waals surface area contributed by atoms with Crippen molar-refractivity contribution in [2.24, 2.45) is 0 Å². The average molecular weight is 358 g/mol. The van der Waals surface area contributed by atoms with Crippen molar-refractivity contribution in [2.75, 3.05) is 5.32 Å². The van der Waals surface area contributed by atoms with Crippen LogP contribution in [0.25, 0.3) is 0 Å². The van der Waals surface area contributed by atoms with Crippen LogP contribution >= 0.6 is 11.6 Å². The molecule has 1 N–H and O–H groups in total. The first kappa shape index (κ1) is 17.8. The summed E-state index contributed by atoms with van der Waals surface area (Å²) in [5.41, 5.74) is -0.380. The maximum Gasteiger partial charge on any atom is 0.341 e. The van der Waals surface area contributed by atoms with Crippen molar-refractivity contribution < 1.29 is 27.5 Å². The quantitative estimate of drug-likeness (QED) is 0.843. The van der Waals surface area contributed by atoms with E-state index in [1.807, 2.05) is 0 Å². The minimum atomic E-state index is -1.29. The van der Waals surface area contributed by atoms with Gasteiger partial charge in [0.1, 0.15) is 17.5 Å². The van der Waals surface area contributed by atoms with Gasteiger partial charge in [-0.3, -0.25) is 4.79 Å². The highest BCUT2D eigenvalue weighted by Crippen LogP contribution is 2.22. The Morgan fingerprint density at radius 3 is 2.33 bits per heavy atom. The Morgan fingerprint density at radius 1 is 1.08 bits per heavy atom. The molecule has 0 aliphatic heterocycles. The van der Waals surface area contributed by atoms with E-state index < -0.39 is 41.0 Å². The molecule has 2 aromatic carbocycles. The van der Waals surface area contributed by atoms with Gasteiger partial charge in [-0.05, 0) is 37.3 Å². The summed E-state index contributed by atoms with van der Waals surface area (Å²) >= 11 is 5.77. The van der Waals surface area contributed by atoms with Crippen LogP contribution in [0.4, 0.5) is 18.9 Å². The number of carbonyl (C=O) groups excluding carboxylic acids is 2. The van der Waals surface area contributed by atoms with Gasteiger partial charge >= 0.3 is 5.97 Å². The Labute approximate surface area is 140 Å². The summed E-state index contributed by atoms with van der Waals surface area (Å²) < 4.78 is 44.1. The van der Waals surface area contributed by atoms with Gasteiger partial charge in [-0.25, -0.2) is 18.0 Å². The molecule has 0 saturated carbocycles. The number of carbonyl (C=O) groups is 2. The third kappa shape index (κ3) is 4.26. The smallest absolute Gasteiger partial charge is 0.341 e. The van der Waals surface area contributed by atoms with E-state index in [-0.39, 0.29) is 10.7 Å². The molecule has 0 aliphatic carbocycles. The molecule has 0 fully saturated rings. The highest BCUT2D eigenvalue weighted by molar-refractivity contribution is 6.33. The van der Waals surface area contributed by atoms with Crippen molar-refractivity contribution in [3.8, 4) is 0 Å². The third-order valence-corrected chi connectivity index (χ3v) is 3.31. The van der Waals surface area contributed by atoms with E-state index >= 15 is 0 Å². The van der Waals surface area contributed by atoms with E-state index in [0.29, 0.717) is 6.07 Å². The van der Waals surface area contributed by atoms with E-state index in [1.54, 1.807) is 0 Å². The third-order valence-electron chi connectivity index (χ3n) is 2.99. The van der Waals surface area contributed by atoms with Gasteiger partial charge in [-0.2, -0.15) is 0 Å². The average Bonchev–Trinajstić information content (AvgIpc) is 2.49. The summed E-state index contributed by atoms with van der Waals surface area (Å²) in [6.07, 6.45) is -1.29. The van der Waals surface area contributed by atoms with Crippen molar-refractivity contribution in [1.29, 1.82) is 0 Å². The second-order valence-corrected chi connectivity index (χ2v) is 5.19. The van der Waals surface area contributed by atoms with Crippen LogP contribution in [0.3, 0.4) is 0 Å². The number of anilines is 1.